The molecule has 0 atom stereocenters. The van der Waals surface area contributed by atoms with E-state index in [4.69, 9.17) is 15.2 Å². The zero-order chi connectivity index (χ0) is 14.6. The number of methoxy groups -OCH3 is 1. The van der Waals surface area contributed by atoms with Gasteiger partial charge in [0.05, 0.1) is 19.3 Å². The topological polar surface area (TPSA) is 93.8 Å². The molecule has 1 fully saturated rings. The minimum absolute atomic E-state index is 0.110. The summed E-state index contributed by atoms with van der Waals surface area (Å²) in [4.78, 5) is 12.3. The number of amides is 1. The number of nitrogen functional groups attached to an aromatic ring is 1. The van der Waals surface area contributed by atoms with E-state index in [1.807, 2.05) is 0 Å². The molecule has 0 bridgehead atoms. The van der Waals surface area contributed by atoms with Gasteiger partial charge in [-0.2, -0.15) is 0 Å². The molecule has 110 valence electrons. The molecule has 6 nitrogen and oxygen atoms in total. The van der Waals surface area contributed by atoms with Crippen molar-refractivity contribution in [2.75, 3.05) is 32.7 Å². The Labute approximate surface area is 117 Å². The first-order valence-electron chi connectivity index (χ1n) is 6.54. The first kappa shape index (κ1) is 14.6. The zero-order valence-electron chi connectivity index (χ0n) is 11.5. The van der Waals surface area contributed by atoms with E-state index < -0.39 is 5.54 Å². The Kier molecular flexibility index (Phi) is 4.46. The van der Waals surface area contributed by atoms with Crippen molar-refractivity contribution in [2.24, 2.45) is 0 Å². The van der Waals surface area contributed by atoms with Crippen molar-refractivity contribution in [1.82, 2.24) is 5.32 Å². The molecule has 0 spiro atoms. The van der Waals surface area contributed by atoms with E-state index in [1.54, 1.807) is 18.2 Å². The molecule has 20 heavy (non-hydrogen) atoms. The fourth-order valence-corrected chi connectivity index (χ4v) is 2.27. The summed E-state index contributed by atoms with van der Waals surface area (Å²) in [6.07, 6.45) is 1.18. The minimum Gasteiger partial charge on any atom is -0.497 e. The monoisotopic (exact) mass is 280 g/mol. The smallest absolute Gasteiger partial charge is 0.252 e. The van der Waals surface area contributed by atoms with Crippen LogP contribution in [0.1, 0.15) is 23.2 Å². The van der Waals surface area contributed by atoms with Crippen molar-refractivity contribution in [1.29, 1.82) is 0 Å². The van der Waals surface area contributed by atoms with Crippen molar-refractivity contribution < 1.29 is 19.4 Å². The molecule has 0 aliphatic carbocycles. The van der Waals surface area contributed by atoms with Crippen LogP contribution in [-0.2, 0) is 4.74 Å². The molecule has 0 unspecified atom stereocenters. The largest absolute Gasteiger partial charge is 0.497 e. The third-order valence-corrected chi connectivity index (χ3v) is 3.56. The molecule has 1 aromatic carbocycles. The van der Waals surface area contributed by atoms with Crippen LogP contribution in [0.5, 0.6) is 5.75 Å². The van der Waals surface area contributed by atoms with Crippen LogP contribution in [0, 0.1) is 0 Å². The average Bonchev–Trinajstić information content (AvgIpc) is 2.47. The zero-order valence-corrected chi connectivity index (χ0v) is 11.5. The number of nitrogens with one attached hydrogen (secondary N) is 1. The molecule has 6 heteroatoms. The Morgan fingerprint density at radius 1 is 1.45 bits per heavy atom. The van der Waals surface area contributed by atoms with Crippen molar-refractivity contribution in [3.63, 3.8) is 0 Å². The number of hydrogen-bond acceptors (Lipinski definition) is 5. The lowest BCUT2D eigenvalue weighted by atomic mass is 9.90. The van der Waals surface area contributed by atoms with Crippen LogP contribution in [0.3, 0.4) is 0 Å². The first-order valence-corrected chi connectivity index (χ1v) is 6.54. The Balaban J connectivity index is 2.16. The lowest BCUT2D eigenvalue weighted by Gasteiger charge is -2.36. The van der Waals surface area contributed by atoms with Crippen molar-refractivity contribution in [2.45, 2.75) is 18.4 Å². The number of ether oxygens (including phenoxy) is 2. The van der Waals surface area contributed by atoms with E-state index >= 15 is 0 Å². The Morgan fingerprint density at radius 2 is 2.15 bits per heavy atom. The lowest BCUT2D eigenvalue weighted by Crippen LogP contribution is -2.54. The van der Waals surface area contributed by atoms with Crippen LogP contribution >= 0.6 is 0 Å². The first-order chi connectivity index (χ1) is 9.58. The number of aliphatic hydroxyl groups is 1. The van der Waals surface area contributed by atoms with Crippen molar-refractivity contribution in [3.05, 3.63) is 23.8 Å². The van der Waals surface area contributed by atoms with E-state index in [0.29, 0.717) is 43.1 Å². The molecule has 1 amide bonds. The summed E-state index contributed by atoms with van der Waals surface area (Å²) < 4.78 is 10.4. The number of rotatable bonds is 4. The fraction of sp³-hybridized carbons (Fsp3) is 0.500. The highest BCUT2D eigenvalue weighted by molar-refractivity contribution is 5.96. The molecule has 1 aliphatic rings. The van der Waals surface area contributed by atoms with Gasteiger partial charge in [0.2, 0.25) is 0 Å². The van der Waals surface area contributed by atoms with Gasteiger partial charge in [0.1, 0.15) is 5.75 Å². The van der Waals surface area contributed by atoms with Gasteiger partial charge in [-0.1, -0.05) is 0 Å². The number of nitrogens with two attached hydrogens (primary N) is 1. The highest BCUT2D eigenvalue weighted by Gasteiger charge is 2.33. The number of anilines is 1. The van der Waals surface area contributed by atoms with Crippen molar-refractivity contribution in [3.8, 4) is 5.75 Å². The second-order valence-electron chi connectivity index (χ2n) is 5.00. The summed E-state index contributed by atoms with van der Waals surface area (Å²) in [5, 5.41) is 12.5. The third-order valence-electron chi connectivity index (χ3n) is 3.56. The van der Waals surface area contributed by atoms with E-state index in [0.717, 1.165) is 0 Å². The SMILES string of the molecule is COc1cc(N)cc(C(=O)NC2(CO)CCOCC2)c1. The van der Waals surface area contributed by atoms with Gasteiger partial charge >= 0.3 is 0 Å². The fourth-order valence-electron chi connectivity index (χ4n) is 2.27. The quantitative estimate of drug-likeness (QED) is 0.700. The molecular formula is C14H20N2O4. The molecule has 0 aromatic heterocycles. The van der Waals surface area contributed by atoms with Crippen LogP contribution in [0.4, 0.5) is 5.69 Å². The molecule has 1 aromatic rings. The van der Waals surface area contributed by atoms with Gasteiger partial charge in [0, 0.05) is 30.5 Å². The van der Waals surface area contributed by atoms with Crippen molar-refractivity contribution >= 4 is 11.6 Å². The van der Waals surface area contributed by atoms with Gasteiger partial charge < -0.3 is 25.6 Å². The number of hydrogen-bond donors (Lipinski definition) is 3. The maximum atomic E-state index is 12.3. The number of carbonyl (C=O) groups excluding carboxylic acids is 1. The second kappa shape index (κ2) is 6.11. The second-order valence-corrected chi connectivity index (χ2v) is 5.00. The average molecular weight is 280 g/mol. The maximum absolute atomic E-state index is 12.3. The standard InChI is InChI=1S/C14H20N2O4/c1-19-12-7-10(6-11(15)8-12)13(18)16-14(9-17)2-4-20-5-3-14/h6-8,17H,2-5,9,15H2,1H3,(H,16,18). The molecule has 1 saturated heterocycles. The predicted molar refractivity (Wildman–Crippen MR) is 74.7 cm³/mol. The van der Waals surface area contributed by atoms with Gasteiger partial charge in [-0.05, 0) is 25.0 Å². The number of benzene rings is 1. The molecule has 0 saturated carbocycles. The van der Waals surface area contributed by atoms with Gasteiger partial charge in [0.25, 0.3) is 5.91 Å². The Morgan fingerprint density at radius 3 is 2.75 bits per heavy atom. The van der Waals surface area contributed by atoms with E-state index in [1.165, 1.54) is 7.11 Å². The van der Waals surface area contributed by atoms with Gasteiger partial charge in [-0.3, -0.25) is 4.79 Å². The highest BCUT2D eigenvalue weighted by atomic mass is 16.5. The minimum atomic E-state index is -0.618. The van der Waals surface area contributed by atoms with Gasteiger partial charge in [-0.15, -0.1) is 0 Å². The molecule has 1 aliphatic heterocycles. The van der Waals surface area contributed by atoms with Crippen LogP contribution in [0.15, 0.2) is 18.2 Å². The molecule has 2 rings (SSSR count). The molecule has 1 heterocycles. The number of carbonyl (C=O) groups is 1. The van der Waals surface area contributed by atoms with E-state index in [2.05, 4.69) is 5.32 Å². The van der Waals surface area contributed by atoms with Crippen LogP contribution < -0.4 is 15.8 Å². The van der Waals surface area contributed by atoms with Crippen LogP contribution in [0.2, 0.25) is 0 Å². The lowest BCUT2D eigenvalue weighted by molar-refractivity contribution is 0.0125. The highest BCUT2D eigenvalue weighted by Crippen LogP contribution is 2.23. The summed E-state index contributed by atoms with van der Waals surface area (Å²) in [6, 6.07) is 4.85. The van der Waals surface area contributed by atoms with E-state index in [-0.39, 0.29) is 12.5 Å². The predicted octanol–water partition coefficient (Wildman–Crippen LogP) is 0.549. The van der Waals surface area contributed by atoms with Crippen LogP contribution in [-0.4, -0.2) is 43.5 Å². The Bertz CT molecular complexity index is 484. The summed E-state index contributed by atoms with van der Waals surface area (Å²) >= 11 is 0. The Hall–Kier alpha value is -1.79. The summed E-state index contributed by atoms with van der Waals surface area (Å²) in [6.45, 7) is 0.948. The summed E-state index contributed by atoms with van der Waals surface area (Å²) in [5.74, 6) is 0.256. The summed E-state index contributed by atoms with van der Waals surface area (Å²) in [7, 11) is 1.52. The van der Waals surface area contributed by atoms with Gasteiger partial charge in [0.15, 0.2) is 0 Å². The maximum Gasteiger partial charge on any atom is 0.252 e. The third kappa shape index (κ3) is 3.20. The number of aliphatic hydroxyl groups excluding tert-OH is 1. The normalized spacial score (nSPS) is 17.5. The summed E-state index contributed by atoms with van der Waals surface area (Å²) in [5.41, 5.74) is 6.00. The molecular weight excluding hydrogens is 260 g/mol. The van der Waals surface area contributed by atoms with Crippen LogP contribution in [0.25, 0.3) is 0 Å². The molecule has 0 radical (unpaired) electrons. The molecule has 4 N–H and O–H groups in total. The van der Waals surface area contributed by atoms with E-state index in [9.17, 15) is 9.90 Å². The van der Waals surface area contributed by atoms with Gasteiger partial charge in [-0.25, -0.2) is 0 Å².